The predicted molar refractivity (Wildman–Crippen MR) is 182 cm³/mol. The average molecular weight is 567 g/mol. The van der Waals surface area contributed by atoms with Crippen LogP contribution in [0.1, 0.15) is 0 Å². The van der Waals surface area contributed by atoms with Crippen molar-refractivity contribution >= 4 is 86.0 Å². The molecule has 0 fully saturated rings. The Bertz CT molecular complexity index is 2680. The Morgan fingerprint density at radius 2 is 1.05 bits per heavy atom. The summed E-state index contributed by atoms with van der Waals surface area (Å²) in [5.41, 5.74) is 7.47. The number of rotatable bonds is 2. The molecule has 43 heavy (non-hydrogen) atoms. The molecule has 3 heterocycles. The Morgan fingerprint density at radius 1 is 0.419 bits per heavy atom. The van der Waals surface area contributed by atoms with Crippen molar-refractivity contribution in [2.45, 2.75) is 0 Å². The molecular weight excluding hydrogens is 545 g/mol. The summed E-state index contributed by atoms with van der Waals surface area (Å²) >= 11 is 1.88. The van der Waals surface area contributed by atoms with Gasteiger partial charge in [-0.2, -0.15) is 0 Å². The summed E-state index contributed by atoms with van der Waals surface area (Å²) in [4.78, 5) is 0. The van der Waals surface area contributed by atoms with Crippen LogP contribution in [0.4, 0.5) is 0 Å². The first-order valence-electron chi connectivity index (χ1n) is 14.5. The molecule has 0 aliphatic carbocycles. The summed E-state index contributed by atoms with van der Waals surface area (Å²) in [6.07, 6.45) is 1.79. The fourth-order valence-corrected chi connectivity index (χ4v) is 8.43. The molecular formula is C40H22O2S. The van der Waals surface area contributed by atoms with Crippen LogP contribution in [0.2, 0.25) is 0 Å². The Labute approximate surface area is 250 Å². The summed E-state index contributed by atoms with van der Waals surface area (Å²) in [6, 6.07) is 45.7. The summed E-state index contributed by atoms with van der Waals surface area (Å²) in [7, 11) is 0. The molecule has 10 rings (SSSR count). The van der Waals surface area contributed by atoms with Gasteiger partial charge in [0.1, 0.15) is 16.7 Å². The molecule has 0 atom stereocenters. The number of thiophene rings is 1. The molecule has 0 bridgehead atoms. The van der Waals surface area contributed by atoms with Crippen LogP contribution < -0.4 is 0 Å². The van der Waals surface area contributed by atoms with Crippen LogP contribution >= 0.6 is 11.3 Å². The predicted octanol–water partition coefficient (Wildman–Crippen LogP) is 12.3. The van der Waals surface area contributed by atoms with E-state index in [0.717, 1.165) is 38.5 Å². The number of benzene rings is 7. The van der Waals surface area contributed by atoms with Crippen molar-refractivity contribution in [3.8, 4) is 22.3 Å². The van der Waals surface area contributed by atoms with E-state index < -0.39 is 0 Å². The Hall–Kier alpha value is -5.38. The lowest BCUT2D eigenvalue weighted by Crippen LogP contribution is -1.92. The quantitative estimate of drug-likeness (QED) is 0.195. The SMILES string of the molecule is c1ccc2c(c1)oc1cc3occc3c(-c3c4ccccc4c(-c4cccc5c4sc4ccccc45)c4ccccc34)c12. The van der Waals surface area contributed by atoms with E-state index in [9.17, 15) is 0 Å². The molecule has 0 amide bonds. The van der Waals surface area contributed by atoms with E-state index in [4.69, 9.17) is 8.83 Å². The highest BCUT2D eigenvalue weighted by atomic mass is 32.1. The van der Waals surface area contributed by atoms with E-state index in [1.807, 2.05) is 29.5 Å². The molecule has 0 aliphatic heterocycles. The van der Waals surface area contributed by atoms with Gasteiger partial charge in [-0.1, -0.05) is 103 Å². The van der Waals surface area contributed by atoms with Crippen LogP contribution in [-0.2, 0) is 0 Å². The van der Waals surface area contributed by atoms with Crippen molar-refractivity contribution in [3.63, 3.8) is 0 Å². The van der Waals surface area contributed by atoms with Crippen LogP contribution in [0, 0.1) is 0 Å². The van der Waals surface area contributed by atoms with Crippen LogP contribution in [0.25, 0.3) is 96.9 Å². The number of fused-ring (bicyclic) bond motifs is 9. The third-order valence-electron chi connectivity index (χ3n) is 8.95. The molecule has 0 radical (unpaired) electrons. The molecule has 10 aromatic rings. The molecule has 0 spiro atoms. The van der Waals surface area contributed by atoms with Crippen LogP contribution in [0.15, 0.2) is 142 Å². The molecule has 0 saturated carbocycles. The molecule has 3 aromatic heterocycles. The lowest BCUT2D eigenvalue weighted by Gasteiger charge is -2.19. The Kier molecular flexibility index (Phi) is 4.63. The van der Waals surface area contributed by atoms with E-state index in [2.05, 4.69) is 109 Å². The monoisotopic (exact) mass is 566 g/mol. The minimum Gasteiger partial charge on any atom is -0.464 e. The van der Waals surface area contributed by atoms with Gasteiger partial charge in [0.15, 0.2) is 0 Å². The molecule has 0 aliphatic rings. The topological polar surface area (TPSA) is 26.3 Å². The molecule has 7 aromatic carbocycles. The molecule has 3 heteroatoms. The van der Waals surface area contributed by atoms with Crippen molar-refractivity contribution in [1.29, 1.82) is 0 Å². The van der Waals surface area contributed by atoms with Crippen molar-refractivity contribution in [1.82, 2.24) is 0 Å². The minimum atomic E-state index is 0.828. The average Bonchev–Trinajstić information content (AvgIpc) is 3.78. The first kappa shape index (κ1) is 23.2. The zero-order chi connectivity index (χ0) is 28.1. The zero-order valence-electron chi connectivity index (χ0n) is 22.9. The maximum Gasteiger partial charge on any atom is 0.139 e. The van der Waals surface area contributed by atoms with Crippen LogP contribution in [0.3, 0.4) is 0 Å². The molecule has 0 unspecified atom stereocenters. The van der Waals surface area contributed by atoms with Gasteiger partial charge in [0.2, 0.25) is 0 Å². The second-order valence-electron chi connectivity index (χ2n) is 11.2. The first-order chi connectivity index (χ1) is 21.3. The summed E-state index contributed by atoms with van der Waals surface area (Å²) < 4.78 is 15.1. The molecule has 0 saturated heterocycles. The van der Waals surface area contributed by atoms with E-state index in [1.165, 1.54) is 58.4 Å². The van der Waals surface area contributed by atoms with Crippen molar-refractivity contribution in [2.75, 3.05) is 0 Å². The lowest BCUT2D eigenvalue weighted by molar-refractivity contribution is 0.613. The first-order valence-corrected chi connectivity index (χ1v) is 15.3. The fraction of sp³-hybridized carbons (Fsp3) is 0. The number of hydrogen-bond acceptors (Lipinski definition) is 3. The molecule has 0 N–H and O–H groups in total. The highest BCUT2D eigenvalue weighted by Crippen LogP contribution is 2.51. The van der Waals surface area contributed by atoms with Gasteiger partial charge in [-0.3, -0.25) is 0 Å². The number of hydrogen-bond donors (Lipinski definition) is 0. The summed E-state index contributed by atoms with van der Waals surface area (Å²) in [5.74, 6) is 0. The molecule has 2 nitrogen and oxygen atoms in total. The van der Waals surface area contributed by atoms with Gasteiger partial charge in [-0.05, 0) is 50.9 Å². The smallest absolute Gasteiger partial charge is 0.139 e. The normalized spacial score (nSPS) is 12.2. The van der Waals surface area contributed by atoms with Gasteiger partial charge >= 0.3 is 0 Å². The van der Waals surface area contributed by atoms with Crippen molar-refractivity contribution in [2.24, 2.45) is 0 Å². The maximum absolute atomic E-state index is 6.43. The number of para-hydroxylation sites is 1. The minimum absolute atomic E-state index is 0.828. The second kappa shape index (κ2) is 8.57. The lowest BCUT2D eigenvalue weighted by atomic mass is 9.84. The second-order valence-corrected chi connectivity index (χ2v) is 12.2. The summed E-state index contributed by atoms with van der Waals surface area (Å²) in [6.45, 7) is 0. The van der Waals surface area contributed by atoms with Gasteiger partial charge in [-0.25, -0.2) is 0 Å². The fourth-order valence-electron chi connectivity index (χ4n) is 7.21. The van der Waals surface area contributed by atoms with Gasteiger partial charge in [-0.15, -0.1) is 11.3 Å². The van der Waals surface area contributed by atoms with Crippen LogP contribution in [0.5, 0.6) is 0 Å². The van der Waals surface area contributed by atoms with E-state index in [1.54, 1.807) is 6.26 Å². The Morgan fingerprint density at radius 3 is 1.81 bits per heavy atom. The van der Waals surface area contributed by atoms with E-state index in [0.29, 0.717) is 0 Å². The Balaban J connectivity index is 1.43. The van der Waals surface area contributed by atoms with Crippen molar-refractivity contribution < 1.29 is 8.83 Å². The summed E-state index contributed by atoms with van der Waals surface area (Å²) in [5, 5.41) is 10.9. The molecule has 200 valence electrons. The van der Waals surface area contributed by atoms with Crippen molar-refractivity contribution in [3.05, 3.63) is 134 Å². The zero-order valence-corrected chi connectivity index (χ0v) is 23.7. The third-order valence-corrected chi connectivity index (χ3v) is 10.2. The van der Waals surface area contributed by atoms with Gasteiger partial charge in [0.05, 0.1) is 6.26 Å². The van der Waals surface area contributed by atoms with Gasteiger partial charge in [0, 0.05) is 53.5 Å². The largest absolute Gasteiger partial charge is 0.464 e. The van der Waals surface area contributed by atoms with Gasteiger partial charge in [0.25, 0.3) is 0 Å². The van der Waals surface area contributed by atoms with E-state index >= 15 is 0 Å². The highest BCUT2D eigenvalue weighted by Gasteiger charge is 2.24. The van der Waals surface area contributed by atoms with E-state index in [-0.39, 0.29) is 0 Å². The third kappa shape index (κ3) is 3.12. The number of furan rings is 2. The highest BCUT2D eigenvalue weighted by molar-refractivity contribution is 7.26. The van der Waals surface area contributed by atoms with Crippen LogP contribution in [-0.4, -0.2) is 0 Å². The maximum atomic E-state index is 6.43. The standard InChI is InChI=1S/C40H22O2S/c1-3-13-26-24(11-1)36(31-17-9-16-28-23-10-6-8-19-35(23)43-40(28)31)25-12-2-4-14-27(25)37(26)39-30-20-21-41-33(30)22-34-38(39)29-15-5-7-18-32(29)42-34/h1-22H. The van der Waals surface area contributed by atoms with Gasteiger partial charge < -0.3 is 8.83 Å².